The predicted octanol–water partition coefficient (Wildman–Crippen LogP) is 15.4. The standard InChI is InChI=1S/C50H96NO7P/c1-3-5-7-9-11-13-15-17-19-20-21-22-23-24-25-26-27-28-29-30-32-34-36-38-40-42-45-55-47-49(48-57-59(53,54)56-46-44-51)58-50(52)43-41-39-37-35-33-31-18-16-14-12-10-8-6-4-2/h15-18,20-21,49H,3-14,19,22-48,51H2,1-2H3,(H,53,54)/b17-15-,18-16-,21-20-. The van der Waals surface area contributed by atoms with Gasteiger partial charge in [0.05, 0.1) is 19.8 Å². The number of hydrogen-bond acceptors (Lipinski definition) is 7. The quantitative estimate of drug-likeness (QED) is 0.0269. The number of allylic oxidation sites excluding steroid dienone is 6. The lowest BCUT2D eigenvalue weighted by Crippen LogP contribution is -2.28. The van der Waals surface area contributed by atoms with Crippen molar-refractivity contribution < 1.29 is 32.8 Å². The molecule has 0 amide bonds. The van der Waals surface area contributed by atoms with Crippen molar-refractivity contribution >= 4 is 13.8 Å². The highest BCUT2D eigenvalue weighted by Gasteiger charge is 2.25. The molecule has 0 bridgehead atoms. The summed E-state index contributed by atoms with van der Waals surface area (Å²) in [6.07, 6.45) is 56.1. The van der Waals surface area contributed by atoms with Crippen molar-refractivity contribution in [2.45, 2.75) is 245 Å². The van der Waals surface area contributed by atoms with Crippen LogP contribution in [0.4, 0.5) is 0 Å². The molecule has 9 heteroatoms. The average molecular weight is 854 g/mol. The van der Waals surface area contributed by atoms with Crippen molar-refractivity contribution in [3.8, 4) is 0 Å². The first-order valence-electron chi connectivity index (χ1n) is 25.0. The summed E-state index contributed by atoms with van der Waals surface area (Å²) in [5.41, 5.74) is 5.38. The van der Waals surface area contributed by atoms with Crippen LogP contribution in [0.15, 0.2) is 36.5 Å². The summed E-state index contributed by atoms with van der Waals surface area (Å²) in [5, 5.41) is 0. The number of ether oxygens (including phenoxy) is 2. The van der Waals surface area contributed by atoms with Crippen molar-refractivity contribution in [2.75, 3.05) is 33.0 Å². The first-order chi connectivity index (χ1) is 28.9. The number of carbonyl (C=O) groups is 1. The van der Waals surface area contributed by atoms with Crippen LogP contribution >= 0.6 is 7.82 Å². The summed E-state index contributed by atoms with van der Waals surface area (Å²) in [7, 11) is -4.28. The minimum atomic E-state index is -4.28. The monoisotopic (exact) mass is 854 g/mol. The molecule has 2 atom stereocenters. The highest BCUT2D eigenvalue weighted by atomic mass is 31.2. The van der Waals surface area contributed by atoms with E-state index in [2.05, 4.69) is 50.3 Å². The first kappa shape index (κ1) is 57.7. The van der Waals surface area contributed by atoms with E-state index in [1.807, 2.05) is 0 Å². The zero-order valence-electron chi connectivity index (χ0n) is 38.7. The van der Waals surface area contributed by atoms with Gasteiger partial charge in [-0.1, -0.05) is 198 Å². The number of nitrogens with two attached hydrogens (primary N) is 1. The molecular formula is C50H96NO7P. The number of phosphoric acid groups is 1. The molecule has 348 valence electrons. The summed E-state index contributed by atoms with van der Waals surface area (Å²) in [6, 6.07) is 0. The van der Waals surface area contributed by atoms with Gasteiger partial charge in [0.1, 0.15) is 6.10 Å². The third-order valence-corrected chi connectivity index (χ3v) is 11.8. The lowest BCUT2D eigenvalue weighted by atomic mass is 10.0. The second-order valence-corrected chi connectivity index (χ2v) is 18.1. The summed E-state index contributed by atoms with van der Waals surface area (Å²) in [6.45, 7) is 4.92. The van der Waals surface area contributed by atoms with Crippen LogP contribution < -0.4 is 5.73 Å². The fraction of sp³-hybridized carbons (Fsp3) is 0.860. The Morgan fingerprint density at radius 2 is 0.898 bits per heavy atom. The maximum Gasteiger partial charge on any atom is 0.472 e. The molecule has 0 radical (unpaired) electrons. The maximum absolute atomic E-state index is 12.6. The molecule has 0 aliphatic heterocycles. The fourth-order valence-corrected chi connectivity index (χ4v) is 7.85. The van der Waals surface area contributed by atoms with Gasteiger partial charge in [0, 0.05) is 19.6 Å². The Balaban J connectivity index is 3.88. The maximum atomic E-state index is 12.6. The van der Waals surface area contributed by atoms with Gasteiger partial charge in [0.15, 0.2) is 0 Å². The van der Waals surface area contributed by atoms with Crippen LogP contribution in [-0.4, -0.2) is 49.9 Å². The average Bonchev–Trinajstić information content (AvgIpc) is 3.23. The molecule has 0 aliphatic rings. The molecule has 0 saturated carbocycles. The number of hydrogen-bond donors (Lipinski definition) is 2. The zero-order valence-corrected chi connectivity index (χ0v) is 39.6. The van der Waals surface area contributed by atoms with Crippen molar-refractivity contribution in [3.05, 3.63) is 36.5 Å². The van der Waals surface area contributed by atoms with Crippen LogP contribution in [0.25, 0.3) is 0 Å². The summed E-state index contributed by atoms with van der Waals surface area (Å²) < 4.78 is 33.5. The van der Waals surface area contributed by atoms with E-state index in [1.54, 1.807) is 0 Å². The summed E-state index contributed by atoms with van der Waals surface area (Å²) in [4.78, 5) is 22.5. The van der Waals surface area contributed by atoms with Gasteiger partial charge in [0.25, 0.3) is 0 Å². The molecule has 0 saturated heterocycles. The third kappa shape index (κ3) is 47.6. The van der Waals surface area contributed by atoms with Crippen LogP contribution in [0.2, 0.25) is 0 Å². The van der Waals surface area contributed by atoms with E-state index in [4.69, 9.17) is 24.3 Å². The van der Waals surface area contributed by atoms with Gasteiger partial charge in [-0.3, -0.25) is 13.8 Å². The molecule has 0 aromatic carbocycles. The predicted molar refractivity (Wildman–Crippen MR) is 252 cm³/mol. The molecule has 0 aromatic heterocycles. The highest BCUT2D eigenvalue weighted by Crippen LogP contribution is 2.43. The Morgan fingerprint density at radius 3 is 1.34 bits per heavy atom. The molecule has 0 aliphatic carbocycles. The van der Waals surface area contributed by atoms with Gasteiger partial charge in [-0.15, -0.1) is 0 Å². The van der Waals surface area contributed by atoms with E-state index in [0.29, 0.717) is 13.0 Å². The second kappa shape index (κ2) is 47.8. The molecular weight excluding hydrogens is 758 g/mol. The van der Waals surface area contributed by atoms with E-state index in [-0.39, 0.29) is 32.3 Å². The van der Waals surface area contributed by atoms with Crippen LogP contribution in [0, 0.1) is 0 Å². The van der Waals surface area contributed by atoms with E-state index in [0.717, 1.165) is 51.4 Å². The lowest BCUT2D eigenvalue weighted by molar-refractivity contribution is -0.154. The van der Waals surface area contributed by atoms with E-state index < -0.39 is 13.9 Å². The Bertz CT molecular complexity index is 1000. The largest absolute Gasteiger partial charge is 0.472 e. The highest BCUT2D eigenvalue weighted by molar-refractivity contribution is 7.47. The topological polar surface area (TPSA) is 117 Å². The Kier molecular flexibility index (Phi) is 46.7. The fourth-order valence-electron chi connectivity index (χ4n) is 7.08. The molecule has 0 aromatic rings. The SMILES string of the molecule is CCCCCCC/C=C\C/C=C\CCCCCCCCCCCCCCCCOCC(COP(=O)(O)OCCN)OC(=O)CCCCCCC/C=C\CCCCCCC. The van der Waals surface area contributed by atoms with Crippen LogP contribution in [-0.2, 0) is 27.9 Å². The number of esters is 1. The van der Waals surface area contributed by atoms with Gasteiger partial charge in [0.2, 0.25) is 0 Å². The minimum Gasteiger partial charge on any atom is -0.457 e. The number of rotatable bonds is 48. The molecule has 0 spiro atoms. The second-order valence-electron chi connectivity index (χ2n) is 16.7. The zero-order chi connectivity index (χ0) is 43.0. The molecule has 8 nitrogen and oxygen atoms in total. The molecule has 0 heterocycles. The van der Waals surface area contributed by atoms with Gasteiger partial charge in [-0.25, -0.2) is 4.57 Å². The van der Waals surface area contributed by atoms with Gasteiger partial charge in [-0.2, -0.15) is 0 Å². The Hall–Kier alpha value is -1.28. The number of carbonyl (C=O) groups excluding carboxylic acids is 1. The van der Waals surface area contributed by atoms with Crippen LogP contribution in [0.1, 0.15) is 239 Å². The molecule has 0 fully saturated rings. The Morgan fingerprint density at radius 1 is 0.508 bits per heavy atom. The molecule has 0 rings (SSSR count). The van der Waals surface area contributed by atoms with E-state index in [1.165, 1.54) is 167 Å². The summed E-state index contributed by atoms with van der Waals surface area (Å²) >= 11 is 0. The van der Waals surface area contributed by atoms with Crippen molar-refractivity contribution in [1.82, 2.24) is 0 Å². The van der Waals surface area contributed by atoms with Gasteiger partial charge in [-0.05, 0) is 70.6 Å². The number of unbranched alkanes of at least 4 members (excludes halogenated alkanes) is 29. The third-order valence-electron chi connectivity index (χ3n) is 10.8. The summed E-state index contributed by atoms with van der Waals surface area (Å²) in [5.74, 6) is -0.337. The first-order valence-corrected chi connectivity index (χ1v) is 26.5. The van der Waals surface area contributed by atoms with Gasteiger partial charge < -0.3 is 20.1 Å². The van der Waals surface area contributed by atoms with E-state index in [9.17, 15) is 14.3 Å². The minimum absolute atomic E-state index is 0.0963. The van der Waals surface area contributed by atoms with Gasteiger partial charge >= 0.3 is 13.8 Å². The van der Waals surface area contributed by atoms with E-state index >= 15 is 0 Å². The van der Waals surface area contributed by atoms with Crippen molar-refractivity contribution in [3.63, 3.8) is 0 Å². The molecule has 3 N–H and O–H groups in total. The molecule has 59 heavy (non-hydrogen) atoms. The molecule has 2 unspecified atom stereocenters. The smallest absolute Gasteiger partial charge is 0.457 e. The number of phosphoric ester groups is 1. The Labute approximate surface area is 365 Å². The van der Waals surface area contributed by atoms with Crippen LogP contribution in [0.3, 0.4) is 0 Å². The normalized spacial score (nSPS) is 13.6. The van der Waals surface area contributed by atoms with Crippen molar-refractivity contribution in [1.29, 1.82) is 0 Å². The van der Waals surface area contributed by atoms with Crippen LogP contribution in [0.5, 0.6) is 0 Å². The lowest BCUT2D eigenvalue weighted by Gasteiger charge is -2.20. The van der Waals surface area contributed by atoms with Crippen molar-refractivity contribution in [2.24, 2.45) is 5.73 Å².